The molecule has 0 unspecified atom stereocenters. The third kappa shape index (κ3) is 3.92. The quantitative estimate of drug-likeness (QED) is 0.731. The van der Waals surface area contributed by atoms with E-state index < -0.39 is 15.1 Å². The number of rotatable bonds is 4. The van der Waals surface area contributed by atoms with Gasteiger partial charge in [-0.2, -0.15) is 17.4 Å². The number of hydrogen-bond donors (Lipinski definition) is 1. The second-order valence-electron chi connectivity index (χ2n) is 3.83. The van der Waals surface area contributed by atoms with Crippen molar-refractivity contribution in [2.24, 2.45) is 0 Å². The van der Waals surface area contributed by atoms with E-state index in [9.17, 15) is 8.42 Å². The van der Waals surface area contributed by atoms with E-state index in [4.69, 9.17) is 4.74 Å². The molecular weight excluding hydrogens is 236 g/mol. The average Bonchev–Trinajstić information content (AvgIpc) is 2.18. The Morgan fingerprint density at radius 3 is 2.33 bits per heavy atom. The highest BCUT2D eigenvalue weighted by molar-refractivity contribution is 8.00. The second kappa shape index (κ2) is 5.01. The maximum atomic E-state index is 11.9. The first-order valence-electron chi connectivity index (χ1n) is 4.79. The molecule has 1 saturated heterocycles. The summed E-state index contributed by atoms with van der Waals surface area (Å²) in [6, 6.07) is 0. The molecule has 1 aliphatic rings. The number of morpholine rings is 1. The molecule has 1 heterocycles. The molecular formula is C8H18N2O3S2. The predicted octanol–water partition coefficient (Wildman–Crippen LogP) is 0.252. The molecule has 0 spiro atoms. The molecule has 0 aromatic carbocycles. The SMILES string of the molecule is CSC(C)(C)NS(=O)(=O)N1CCOCC1. The molecule has 0 aromatic heterocycles. The van der Waals surface area contributed by atoms with Gasteiger partial charge in [-0.05, 0) is 20.1 Å². The van der Waals surface area contributed by atoms with Gasteiger partial charge < -0.3 is 4.74 Å². The van der Waals surface area contributed by atoms with E-state index in [0.717, 1.165) is 0 Å². The fraction of sp³-hybridized carbons (Fsp3) is 1.00. The summed E-state index contributed by atoms with van der Waals surface area (Å²) in [5.41, 5.74) is 0. The van der Waals surface area contributed by atoms with Crippen LogP contribution in [0.25, 0.3) is 0 Å². The summed E-state index contributed by atoms with van der Waals surface area (Å²) in [5, 5.41) is 0. The van der Waals surface area contributed by atoms with Crippen LogP contribution in [0.5, 0.6) is 0 Å². The molecule has 0 saturated carbocycles. The molecule has 0 bridgehead atoms. The summed E-state index contributed by atoms with van der Waals surface area (Å²) in [6.07, 6.45) is 1.88. The Bertz CT molecular complexity index is 297. The van der Waals surface area contributed by atoms with Gasteiger partial charge in [0.1, 0.15) is 0 Å². The van der Waals surface area contributed by atoms with Crippen molar-refractivity contribution < 1.29 is 13.2 Å². The maximum absolute atomic E-state index is 11.9. The lowest BCUT2D eigenvalue weighted by Crippen LogP contribution is -2.51. The van der Waals surface area contributed by atoms with Crippen molar-refractivity contribution in [1.29, 1.82) is 0 Å². The predicted molar refractivity (Wildman–Crippen MR) is 62.0 cm³/mol. The monoisotopic (exact) mass is 254 g/mol. The summed E-state index contributed by atoms with van der Waals surface area (Å²) in [6.45, 7) is 5.49. The topological polar surface area (TPSA) is 58.6 Å². The van der Waals surface area contributed by atoms with Crippen molar-refractivity contribution in [3.05, 3.63) is 0 Å². The molecule has 90 valence electrons. The summed E-state index contributed by atoms with van der Waals surface area (Å²) < 4.78 is 33.0. The van der Waals surface area contributed by atoms with Crippen molar-refractivity contribution in [2.75, 3.05) is 32.6 Å². The standard InChI is InChI=1S/C8H18N2O3S2/c1-8(2,14-3)9-15(11,12)10-4-6-13-7-5-10/h9H,4-7H2,1-3H3. The van der Waals surface area contributed by atoms with Gasteiger partial charge in [-0.15, -0.1) is 11.8 Å². The van der Waals surface area contributed by atoms with Gasteiger partial charge >= 0.3 is 0 Å². The molecule has 1 N–H and O–H groups in total. The van der Waals surface area contributed by atoms with Crippen molar-refractivity contribution in [3.63, 3.8) is 0 Å². The molecule has 0 atom stereocenters. The van der Waals surface area contributed by atoms with E-state index >= 15 is 0 Å². The van der Waals surface area contributed by atoms with E-state index in [0.29, 0.717) is 26.3 Å². The molecule has 0 amide bonds. The van der Waals surface area contributed by atoms with E-state index in [-0.39, 0.29) is 0 Å². The Kier molecular flexibility index (Phi) is 4.42. The minimum atomic E-state index is -3.37. The van der Waals surface area contributed by atoms with Gasteiger partial charge in [0.25, 0.3) is 10.2 Å². The lowest BCUT2D eigenvalue weighted by Gasteiger charge is -2.31. The van der Waals surface area contributed by atoms with Crippen LogP contribution in [-0.2, 0) is 14.9 Å². The zero-order valence-corrected chi connectivity index (χ0v) is 10.9. The van der Waals surface area contributed by atoms with Gasteiger partial charge in [0.2, 0.25) is 0 Å². The van der Waals surface area contributed by atoms with Crippen molar-refractivity contribution in [2.45, 2.75) is 18.7 Å². The number of hydrogen-bond acceptors (Lipinski definition) is 4. The molecule has 0 radical (unpaired) electrons. The Labute approximate surface area is 95.7 Å². The van der Waals surface area contributed by atoms with Crippen LogP contribution in [0.15, 0.2) is 0 Å². The van der Waals surface area contributed by atoms with Crippen LogP contribution >= 0.6 is 11.8 Å². The third-order valence-electron chi connectivity index (χ3n) is 2.20. The first kappa shape index (κ1) is 13.2. The van der Waals surface area contributed by atoms with Crippen LogP contribution < -0.4 is 4.72 Å². The molecule has 7 heteroatoms. The maximum Gasteiger partial charge on any atom is 0.280 e. The van der Waals surface area contributed by atoms with Gasteiger partial charge in [0.05, 0.1) is 18.1 Å². The minimum Gasteiger partial charge on any atom is -0.379 e. The van der Waals surface area contributed by atoms with Gasteiger partial charge in [-0.25, -0.2) is 0 Å². The summed E-state index contributed by atoms with van der Waals surface area (Å²) in [5.74, 6) is 0. The molecule has 1 rings (SSSR count). The fourth-order valence-electron chi connectivity index (χ4n) is 1.20. The normalized spacial score (nSPS) is 20.5. The van der Waals surface area contributed by atoms with Crippen LogP contribution in [0.2, 0.25) is 0 Å². The van der Waals surface area contributed by atoms with Gasteiger partial charge in [-0.1, -0.05) is 0 Å². The lowest BCUT2D eigenvalue weighted by molar-refractivity contribution is 0.0723. The average molecular weight is 254 g/mol. The molecule has 0 aromatic rings. The van der Waals surface area contributed by atoms with Gasteiger partial charge in [-0.3, -0.25) is 0 Å². The number of nitrogens with one attached hydrogen (secondary N) is 1. The third-order valence-corrected chi connectivity index (χ3v) is 5.26. The highest BCUT2D eigenvalue weighted by atomic mass is 32.2. The number of ether oxygens (including phenoxy) is 1. The van der Waals surface area contributed by atoms with Crippen LogP contribution in [0.1, 0.15) is 13.8 Å². The Balaban J connectivity index is 2.65. The molecule has 1 aliphatic heterocycles. The number of thioether (sulfide) groups is 1. The second-order valence-corrected chi connectivity index (χ2v) is 6.93. The molecule has 15 heavy (non-hydrogen) atoms. The number of nitrogens with zero attached hydrogens (tertiary/aromatic N) is 1. The van der Waals surface area contributed by atoms with E-state index in [2.05, 4.69) is 4.72 Å². The minimum absolute atomic E-state index is 0.430. The summed E-state index contributed by atoms with van der Waals surface area (Å²) in [4.78, 5) is -0.475. The van der Waals surface area contributed by atoms with E-state index in [1.54, 1.807) is 0 Å². The highest BCUT2D eigenvalue weighted by Gasteiger charge is 2.30. The van der Waals surface area contributed by atoms with E-state index in [1.165, 1.54) is 16.1 Å². The fourth-order valence-corrected chi connectivity index (χ4v) is 3.23. The molecule has 0 aliphatic carbocycles. The highest BCUT2D eigenvalue weighted by Crippen LogP contribution is 2.19. The van der Waals surface area contributed by atoms with Crippen LogP contribution in [0.4, 0.5) is 0 Å². The molecule has 5 nitrogen and oxygen atoms in total. The van der Waals surface area contributed by atoms with Gasteiger partial charge in [0, 0.05) is 13.1 Å². The Morgan fingerprint density at radius 2 is 1.87 bits per heavy atom. The zero-order valence-electron chi connectivity index (χ0n) is 9.32. The van der Waals surface area contributed by atoms with Crippen LogP contribution in [0.3, 0.4) is 0 Å². The Hall–Kier alpha value is 0.180. The summed E-state index contributed by atoms with van der Waals surface area (Å²) in [7, 11) is -3.37. The van der Waals surface area contributed by atoms with Crippen molar-refractivity contribution >= 4 is 22.0 Å². The smallest absolute Gasteiger partial charge is 0.280 e. The first-order valence-corrected chi connectivity index (χ1v) is 7.46. The summed E-state index contributed by atoms with van der Waals surface area (Å²) >= 11 is 1.47. The van der Waals surface area contributed by atoms with Crippen molar-refractivity contribution in [3.8, 4) is 0 Å². The van der Waals surface area contributed by atoms with E-state index in [1.807, 2.05) is 20.1 Å². The van der Waals surface area contributed by atoms with Crippen LogP contribution in [-0.4, -0.2) is 50.2 Å². The van der Waals surface area contributed by atoms with Gasteiger partial charge in [0.15, 0.2) is 0 Å². The first-order chi connectivity index (χ1) is 6.87. The zero-order chi connectivity index (χ0) is 11.5. The lowest BCUT2D eigenvalue weighted by atomic mass is 10.4. The van der Waals surface area contributed by atoms with Crippen LogP contribution in [0, 0.1) is 0 Å². The van der Waals surface area contributed by atoms with Crippen molar-refractivity contribution in [1.82, 2.24) is 9.03 Å². The molecule has 1 fully saturated rings. The largest absolute Gasteiger partial charge is 0.379 e. The Morgan fingerprint density at radius 1 is 1.33 bits per heavy atom.